The van der Waals surface area contributed by atoms with E-state index in [0.717, 1.165) is 75.7 Å². The van der Waals surface area contributed by atoms with Gasteiger partial charge in [-0.1, -0.05) is 43.3 Å². The van der Waals surface area contributed by atoms with Gasteiger partial charge in [-0.3, -0.25) is 24.0 Å². The van der Waals surface area contributed by atoms with E-state index in [1.807, 2.05) is 73.1 Å². The summed E-state index contributed by atoms with van der Waals surface area (Å²) in [6.07, 6.45) is 8.65. The number of carbonyl (C=O) groups is 3. The van der Waals surface area contributed by atoms with Gasteiger partial charge in [-0.05, 0) is 92.3 Å². The topological polar surface area (TPSA) is 173 Å². The van der Waals surface area contributed by atoms with E-state index in [2.05, 4.69) is 52.6 Å². The summed E-state index contributed by atoms with van der Waals surface area (Å²) in [6.45, 7) is 13.9. The molecule has 0 bridgehead atoms. The predicted octanol–water partition coefficient (Wildman–Crippen LogP) is 8.51. The van der Waals surface area contributed by atoms with Crippen LogP contribution in [0.15, 0.2) is 72.8 Å². The number of hydrogen-bond acceptors (Lipinski definition) is 12. The number of nitrogens with one attached hydrogen (secondary N) is 2. The second-order valence-electron chi connectivity index (χ2n) is 21.9. The molecule has 77 heavy (non-hydrogen) atoms. The Morgan fingerprint density at radius 2 is 1.82 bits per heavy atom. The van der Waals surface area contributed by atoms with Crippen molar-refractivity contribution in [1.29, 1.82) is 0 Å². The number of ether oxygens (including phenoxy) is 1. The number of halogens is 2. The number of amides is 3. The van der Waals surface area contributed by atoms with Crippen LogP contribution in [0.3, 0.4) is 0 Å². The van der Waals surface area contributed by atoms with Crippen LogP contribution in [0.1, 0.15) is 117 Å². The molecule has 3 fully saturated rings. The molecule has 0 radical (unpaired) electrons. The molecule has 3 amide bonds. The molecule has 2 unspecified atom stereocenters. The average molecular weight is 1070 g/mol. The van der Waals surface area contributed by atoms with Crippen molar-refractivity contribution in [3.63, 3.8) is 0 Å². The number of pyridine rings is 1. The van der Waals surface area contributed by atoms with Crippen molar-refractivity contribution in [3.8, 4) is 21.6 Å². The molecule has 12 rings (SSSR count). The van der Waals surface area contributed by atoms with Crippen LogP contribution in [0.5, 0.6) is 0 Å². The van der Waals surface area contributed by atoms with Crippen molar-refractivity contribution in [2.45, 2.75) is 123 Å². The summed E-state index contributed by atoms with van der Waals surface area (Å²) in [5.74, 6) is 0.395. The summed E-state index contributed by atoms with van der Waals surface area (Å²) < 4.78 is 42.8. The highest BCUT2D eigenvalue weighted by molar-refractivity contribution is 7.13. The first-order valence-corrected chi connectivity index (χ1v) is 28.0. The molecule has 402 valence electrons. The van der Waals surface area contributed by atoms with Crippen LogP contribution in [-0.2, 0) is 45.1 Å². The number of benzene rings is 2. The zero-order valence-electron chi connectivity index (χ0n) is 44.2. The van der Waals surface area contributed by atoms with Crippen LogP contribution in [0.25, 0.3) is 32.5 Å². The molecule has 0 spiro atoms. The summed E-state index contributed by atoms with van der Waals surface area (Å²) in [4.78, 5) is 57.6. The Hall–Kier alpha value is -6.90. The predicted molar refractivity (Wildman–Crippen MR) is 289 cm³/mol. The number of anilines is 2. The molecular weight excluding hydrogens is 1000 g/mol. The van der Waals surface area contributed by atoms with E-state index in [9.17, 15) is 14.4 Å². The van der Waals surface area contributed by atoms with Gasteiger partial charge in [0.25, 0.3) is 6.43 Å². The maximum absolute atomic E-state index is 15.7. The molecule has 5 aliphatic rings. The largest absolute Gasteiger partial charge is 0.381 e. The first kappa shape index (κ1) is 50.9. The van der Waals surface area contributed by atoms with Crippen LogP contribution >= 0.6 is 11.3 Å². The Labute approximate surface area is 450 Å². The van der Waals surface area contributed by atoms with E-state index in [1.54, 1.807) is 52.5 Å². The minimum atomic E-state index is -2.79. The van der Waals surface area contributed by atoms with Gasteiger partial charge in [0.15, 0.2) is 5.82 Å². The fourth-order valence-electron chi connectivity index (χ4n) is 12.5. The summed E-state index contributed by atoms with van der Waals surface area (Å²) >= 11 is 1.60. The molecule has 3 saturated heterocycles. The third-order valence-electron chi connectivity index (χ3n) is 16.8. The van der Waals surface area contributed by atoms with Crippen LogP contribution in [0.2, 0.25) is 0 Å². The highest BCUT2D eigenvalue weighted by Crippen LogP contribution is 2.45. The summed E-state index contributed by atoms with van der Waals surface area (Å²) in [6, 6.07) is 12.2. The molecular formula is C57H65F2N13O4S. The standard InChI is InChI=1S/C57H65F2N13O4S/c1-32(2)52(57(75)70-26-39-24-61-47(39)23-51(70)56(74)63-33(3)36-8-10-37(11-9-36)53-34(4)62-31-77-53)71-28-40(64-66-71)27-68-29-45(44-25-60-16-12-48(44)68)42-21-38-7-6-17-69(50(38)22-43(42)54(58)59)55-46-30-67(35(5)73)18-13-49(46)72(65-55)41-14-19-76-20-15-41/h8-12,16,21-22,25,28-29,31-33,39,41,47,51-52,54,61H,6-7,13-15,17-20,23-24,26-27,30H2,1-5H3,(H,63,74)/t33-,39?,47?,51-,52-/m0/s1. The number of carbonyl (C=O) groups excluding carboxylic acids is 3. The zero-order valence-corrected chi connectivity index (χ0v) is 45.0. The minimum Gasteiger partial charge on any atom is -0.381 e. The van der Waals surface area contributed by atoms with Crippen molar-refractivity contribution in [3.05, 3.63) is 112 Å². The number of likely N-dealkylation sites (tertiary alicyclic amines) is 1. The minimum absolute atomic E-state index is 0.00192. The molecule has 5 aromatic heterocycles. The van der Waals surface area contributed by atoms with Crippen LogP contribution in [0, 0.1) is 18.8 Å². The molecule has 10 heterocycles. The lowest BCUT2D eigenvalue weighted by Crippen LogP contribution is -2.68. The molecule has 2 aromatic carbocycles. The summed E-state index contributed by atoms with van der Waals surface area (Å²) in [5.41, 5.74) is 10.9. The van der Waals surface area contributed by atoms with E-state index < -0.39 is 18.5 Å². The average Bonchev–Trinajstić information content (AvgIpc) is 4.26. The molecule has 0 saturated carbocycles. The zero-order chi connectivity index (χ0) is 53.2. The molecule has 20 heteroatoms. The van der Waals surface area contributed by atoms with Crippen molar-refractivity contribution >= 4 is 51.5 Å². The third kappa shape index (κ3) is 9.49. The van der Waals surface area contributed by atoms with Gasteiger partial charge in [-0.15, -0.1) is 16.4 Å². The first-order valence-electron chi connectivity index (χ1n) is 27.1. The van der Waals surface area contributed by atoms with E-state index in [4.69, 9.17) is 9.84 Å². The summed E-state index contributed by atoms with van der Waals surface area (Å²) in [5, 5.41) is 21.8. The molecule has 5 atom stereocenters. The van der Waals surface area contributed by atoms with Crippen molar-refractivity contribution < 1.29 is 27.9 Å². The number of aromatic nitrogens is 8. The Bertz CT molecular complexity index is 3360. The van der Waals surface area contributed by atoms with E-state index >= 15 is 8.78 Å². The lowest BCUT2D eigenvalue weighted by molar-refractivity contribution is -0.150. The molecule has 7 aromatic rings. The van der Waals surface area contributed by atoms with Gasteiger partial charge >= 0.3 is 0 Å². The monoisotopic (exact) mass is 1070 g/mol. The number of fused-ring (bicyclic) bond motifs is 4. The number of hydrogen-bond donors (Lipinski definition) is 2. The van der Waals surface area contributed by atoms with Crippen molar-refractivity contribution in [2.75, 3.05) is 44.3 Å². The lowest BCUT2D eigenvalue weighted by Gasteiger charge is -2.50. The van der Waals surface area contributed by atoms with Gasteiger partial charge in [-0.25, -0.2) is 18.4 Å². The smallest absolute Gasteiger partial charge is 0.264 e. The maximum atomic E-state index is 15.7. The Balaban J connectivity index is 0.811. The Kier molecular flexibility index (Phi) is 13.8. The van der Waals surface area contributed by atoms with Crippen LogP contribution in [0.4, 0.5) is 20.3 Å². The van der Waals surface area contributed by atoms with Gasteiger partial charge in [0.2, 0.25) is 17.7 Å². The highest BCUT2D eigenvalue weighted by Gasteiger charge is 2.47. The SMILES string of the molecule is CC(=O)N1CCc2c(c(N3CCCc4cc(-c5cn(Cc6cn([C@H](C(=O)N7CC8CNC8C[C@H]7C(=O)N[C@@H](C)c7ccc(-c8scnc8C)cc7)C(C)C)nn6)c6ccncc56)c(C(F)F)cc43)nn2C2CCOCC2)C1. The molecule has 0 aliphatic carbocycles. The summed E-state index contributed by atoms with van der Waals surface area (Å²) in [7, 11) is 0. The number of rotatable bonds is 13. The van der Waals surface area contributed by atoms with Gasteiger partial charge < -0.3 is 34.6 Å². The van der Waals surface area contributed by atoms with Gasteiger partial charge in [-0.2, -0.15) is 5.10 Å². The van der Waals surface area contributed by atoms with Gasteiger partial charge in [0.1, 0.15) is 17.8 Å². The van der Waals surface area contributed by atoms with E-state index in [-0.39, 0.29) is 59.8 Å². The number of alkyl halides is 2. The van der Waals surface area contributed by atoms with Crippen molar-refractivity contribution in [1.82, 2.24) is 59.7 Å². The Morgan fingerprint density at radius 1 is 1.00 bits per heavy atom. The number of piperidine rings is 1. The number of nitrogens with zero attached hydrogens (tertiary/aromatic N) is 11. The first-order chi connectivity index (χ1) is 37.3. The molecule has 17 nitrogen and oxygen atoms in total. The quantitative estimate of drug-likeness (QED) is 0.113. The lowest BCUT2D eigenvalue weighted by atomic mass is 9.80. The number of thiazole rings is 1. The normalized spacial score (nSPS) is 20.5. The second-order valence-corrected chi connectivity index (χ2v) is 22.8. The Morgan fingerprint density at radius 3 is 2.55 bits per heavy atom. The van der Waals surface area contributed by atoms with E-state index in [1.165, 1.54) is 0 Å². The highest BCUT2D eigenvalue weighted by atomic mass is 32.1. The van der Waals surface area contributed by atoms with Gasteiger partial charge in [0.05, 0.1) is 53.0 Å². The molecule has 5 aliphatic heterocycles. The fourth-order valence-corrected chi connectivity index (χ4v) is 13.3. The maximum Gasteiger partial charge on any atom is 0.264 e. The van der Waals surface area contributed by atoms with Gasteiger partial charge in [0, 0.05) is 117 Å². The van der Waals surface area contributed by atoms with Crippen LogP contribution in [-0.4, -0.2) is 118 Å². The third-order valence-corrected chi connectivity index (χ3v) is 17.8. The van der Waals surface area contributed by atoms with E-state index in [0.29, 0.717) is 86.5 Å². The van der Waals surface area contributed by atoms with Crippen LogP contribution < -0.4 is 15.5 Å². The van der Waals surface area contributed by atoms with Crippen molar-refractivity contribution in [2.24, 2.45) is 11.8 Å². The fraction of sp³-hybridized carbons (Fsp3) is 0.474. The second kappa shape index (κ2) is 20.8. The molecule has 2 N–H and O–H groups in total. The number of aryl methyl sites for hydroxylation is 2.